The lowest BCUT2D eigenvalue weighted by Gasteiger charge is -2.09. The Balaban J connectivity index is 1.76. The van der Waals surface area contributed by atoms with Crippen molar-refractivity contribution >= 4 is 11.6 Å². The van der Waals surface area contributed by atoms with Gasteiger partial charge in [0.15, 0.2) is 11.6 Å². The van der Waals surface area contributed by atoms with Gasteiger partial charge in [0.05, 0.1) is 5.02 Å². The molecule has 0 atom stereocenters. The Labute approximate surface area is 125 Å². The van der Waals surface area contributed by atoms with Crippen molar-refractivity contribution in [3.63, 3.8) is 0 Å². The van der Waals surface area contributed by atoms with Crippen molar-refractivity contribution in [3.8, 4) is 11.6 Å². The van der Waals surface area contributed by atoms with Gasteiger partial charge >= 0.3 is 0 Å². The average molecular weight is 311 g/mol. The predicted molar refractivity (Wildman–Crippen MR) is 75.5 cm³/mol. The number of ether oxygens (including phenoxy) is 1. The standard InChI is InChI=1S/C15H13ClF2N2O/c16-12-8-20-15(5-9(12)7-19-11-2-3-11)21-14-4-1-10(17)6-13(14)18/h1,4-6,8,11,19H,2-3,7H2. The SMILES string of the molecule is Fc1ccc(Oc2cc(CNC3CC3)c(Cl)cn2)c(F)c1. The number of benzene rings is 1. The number of rotatable bonds is 5. The van der Waals surface area contributed by atoms with Gasteiger partial charge in [-0.05, 0) is 30.5 Å². The van der Waals surface area contributed by atoms with E-state index in [4.69, 9.17) is 16.3 Å². The van der Waals surface area contributed by atoms with Crippen LogP contribution in [0.5, 0.6) is 11.6 Å². The van der Waals surface area contributed by atoms with E-state index in [-0.39, 0.29) is 11.6 Å². The van der Waals surface area contributed by atoms with E-state index < -0.39 is 11.6 Å². The predicted octanol–water partition coefficient (Wildman–Crippen LogP) is 4.06. The Morgan fingerprint density at radius 1 is 1.29 bits per heavy atom. The highest BCUT2D eigenvalue weighted by Gasteiger charge is 2.20. The summed E-state index contributed by atoms with van der Waals surface area (Å²) in [6, 6.07) is 5.32. The zero-order chi connectivity index (χ0) is 14.8. The maximum absolute atomic E-state index is 13.5. The molecule has 1 N–H and O–H groups in total. The van der Waals surface area contributed by atoms with E-state index in [1.807, 2.05) is 0 Å². The van der Waals surface area contributed by atoms with Crippen LogP contribution in [-0.4, -0.2) is 11.0 Å². The molecule has 0 aliphatic heterocycles. The van der Waals surface area contributed by atoms with Crippen molar-refractivity contribution in [3.05, 3.63) is 52.7 Å². The van der Waals surface area contributed by atoms with Crippen LogP contribution < -0.4 is 10.1 Å². The number of hydrogen-bond acceptors (Lipinski definition) is 3. The molecule has 0 radical (unpaired) electrons. The van der Waals surface area contributed by atoms with Gasteiger partial charge in [-0.2, -0.15) is 0 Å². The minimum atomic E-state index is -0.774. The maximum Gasteiger partial charge on any atom is 0.219 e. The largest absolute Gasteiger partial charge is 0.436 e. The van der Waals surface area contributed by atoms with Crippen LogP contribution in [0.3, 0.4) is 0 Å². The number of hydrogen-bond donors (Lipinski definition) is 1. The molecule has 21 heavy (non-hydrogen) atoms. The summed E-state index contributed by atoms with van der Waals surface area (Å²) >= 11 is 6.07. The second-order valence-corrected chi connectivity index (χ2v) is 5.35. The van der Waals surface area contributed by atoms with Crippen LogP contribution in [0.25, 0.3) is 0 Å². The van der Waals surface area contributed by atoms with E-state index in [9.17, 15) is 8.78 Å². The summed E-state index contributed by atoms with van der Waals surface area (Å²) in [6.07, 6.45) is 3.81. The maximum atomic E-state index is 13.5. The second-order valence-electron chi connectivity index (χ2n) is 4.95. The van der Waals surface area contributed by atoms with Gasteiger partial charge < -0.3 is 10.1 Å². The fourth-order valence-electron chi connectivity index (χ4n) is 1.86. The summed E-state index contributed by atoms with van der Waals surface area (Å²) in [4.78, 5) is 4.00. The number of halogens is 3. The molecular weight excluding hydrogens is 298 g/mol. The number of aromatic nitrogens is 1. The quantitative estimate of drug-likeness (QED) is 0.904. The van der Waals surface area contributed by atoms with Crippen molar-refractivity contribution in [2.75, 3.05) is 0 Å². The molecule has 110 valence electrons. The Hall–Kier alpha value is -1.72. The smallest absolute Gasteiger partial charge is 0.219 e. The topological polar surface area (TPSA) is 34.1 Å². The van der Waals surface area contributed by atoms with Crippen molar-refractivity contribution < 1.29 is 13.5 Å². The highest BCUT2D eigenvalue weighted by Crippen LogP contribution is 2.27. The summed E-state index contributed by atoms with van der Waals surface area (Å²) in [7, 11) is 0. The molecule has 6 heteroatoms. The molecular formula is C15H13ClF2N2O. The minimum Gasteiger partial charge on any atom is -0.436 e. The normalized spacial score (nSPS) is 14.2. The van der Waals surface area contributed by atoms with Crippen LogP contribution in [0.4, 0.5) is 8.78 Å². The van der Waals surface area contributed by atoms with Gasteiger partial charge in [0.1, 0.15) is 5.82 Å². The average Bonchev–Trinajstić information content (AvgIpc) is 3.26. The molecule has 0 spiro atoms. The van der Waals surface area contributed by atoms with Crippen molar-refractivity contribution in [1.82, 2.24) is 10.3 Å². The lowest BCUT2D eigenvalue weighted by Crippen LogP contribution is -2.15. The van der Waals surface area contributed by atoms with Crippen LogP contribution >= 0.6 is 11.6 Å². The van der Waals surface area contributed by atoms with Gasteiger partial charge in [-0.15, -0.1) is 0 Å². The van der Waals surface area contributed by atoms with E-state index in [2.05, 4.69) is 10.3 Å². The van der Waals surface area contributed by atoms with Gasteiger partial charge in [-0.1, -0.05) is 11.6 Å². The molecule has 1 fully saturated rings. The highest BCUT2D eigenvalue weighted by atomic mass is 35.5. The van der Waals surface area contributed by atoms with Crippen molar-refractivity contribution in [2.45, 2.75) is 25.4 Å². The molecule has 1 aromatic heterocycles. The molecule has 1 aliphatic carbocycles. The molecule has 3 nitrogen and oxygen atoms in total. The first-order valence-electron chi connectivity index (χ1n) is 6.62. The lowest BCUT2D eigenvalue weighted by atomic mass is 10.2. The van der Waals surface area contributed by atoms with Gasteiger partial charge in [0.2, 0.25) is 5.88 Å². The second kappa shape index (κ2) is 5.95. The van der Waals surface area contributed by atoms with E-state index in [1.165, 1.54) is 25.1 Å². The van der Waals surface area contributed by atoms with Crippen LogP contribution in [-0.2, 0) is 6.54 Å². The monoisotopic (exact) mass is 310 g/mol. The third-order valence-electron chi connectivity index (χ3n) is 3.18. The fourth-order valence-corrected chi connectivity index (χ4v) is 2.03. The first-order chi connectivity index (χ1) is 10.1. The first-order valence-corrected chi connectivity index (χ1v) is 7.00. The summed E-state index contributed by atoms with van der Waals surface area (Å²) < 4.78 is 31.7. The van der Waals surface area contributed by atoms with Crippen LogP contribution in [0.1, 0.15) is 18.4 Å². The third-order valence-corrected chi connectivity index (χ3v) is 3.52. The summed E-state index contributed by atoms with van der Waals surface area (Å²) in [5.74, 6) is -1.28. The molecule has 1 aromatic carbocycles. The summed E-state index contributed by atoms with van der Waals surface area (Å²) in [5, 5.41) is 3.86. The summed E-state index contributed by atoms with van der Waals surface area (Å²) in [5.41, 5.74) is 0.830. The Morgan fingerprint density at radius 2 is 2.10 bits per heavy atom. The van der Waals surface area contributed by atoms with Crippen LogP contribution in [0.15, 0.2) is 30.5 Å². The Morgan fingerprint density at radius 3 is 2.81 bits per heavy atom. The molecule has 1 saturated carbocycles. The third kappa shape index (κ3) is 3.68. The van der Waals surface area contributed by atoms with Gasteiger partial charge in [0, 0.05) is 30.9 Å². The molecule has 1 aliphatic rings. The summed E-state index contributed by atoms with van der Waals surface area (Å²) in [6.45, 7) is 0.605. The van der Waals surface area contributed by atoms with Crippen LogP contribution in [0, 0.1) is 11.6 Å². The van der Waals surface area contributed by atoms with Gasteiger partial charge in [-0.3, -0.25) is 0 Å². The van der Waals surface area contributed by atoms with E-state index in [0.717, 1.165) is 17.7 Å². The number of pyridine rings is 1. The molecule has 0 unspecified atom stereocenters. The zero-order valence-electron chi connectivity index (χ0n) is 11.1. The molecule has 1 heterocycles. The lowest BCUT2D eigenvalue weighted by molar-refractivity contribution is 0.423. The van der Waals surface area contributed by atoms with Crippen molar-refractivity contribution in [1.29, 1.82) is 0 Å². The number of nitrogens with one attached hydrogen (secondary N) is 1. The molecule has 3 rings (SSSR count). The first kappa shape index (κ1) is 14.2. The number of nitrogens with zero attached hydrogens (tertiary/aromatic N) is 1. The fraction of sp³-hybridized carbons (Fsp3) is 0.267. The van der Waals surface area contributed by atoms with Crippen LogP contribution in [0.2, 0.25) is 5.02 Å². The minimum absolute atomic E-state index is 0.0766. The van der Waals surface area contributed by atoms with Gasteiger partial charge in [-0.25, -0.2) is 13.8 Å². The van der Waals surface area contributed by atoms with Gasteiger partial charge in [0.25, 0.3) is 0 Å². The molecule has 2 aromatic rings. The van der Waals surface area contributed by atoms with E-state index in [0.29, 0.717) is 17.6 Å². The molecule has 0 saturated heterocycles. The Bertz CT molecular complexity index is 662. The molecule has 0 bridgehead atoms. The van der Waals surface area contributed by atoms with E-state index in [1.54, 1.807) is 6.07 Å². The zero-order valence-corrected chi connectivity index (χ0v) is 11.8. The highest BCUT2D eigenvalue weighted by molar-refractivity contribution is 6.31. The van der Waals surface area contributed by atoms with Crippen molar-refractivity contribution in [2.24, 2.45) is 0 Å². The van der Waals surface area contributed by atoms with E-state index >= 15 is 0 Å². The molecule has 0 amide bonds. The Kier molecular flexibility index (Phi) is 4.03.